The molecule has 0 saturated carbocycles. The van der Waals surface area contributed by atoms with Gasteiger partial charge >= 0.3 is 0 Å². The first-order valence-electron chi connectivity index (χ1n) is 10.2. The molecule has 0 bridgehead atoms. The molecule has 156 valence electrons. The van der Waals surface area contributed by atoms with Crippen LogP contribution in [0.3, 0.4) is 0 Å². The lowest BCUT2D eigenvalue weighted by Gasteiger charge is -2.30. The molecular weight excluding hydrogens is 385 g/mol. The van der Waals surface area contributed by atoms with Gasteiger partial charge < -0.3 is 15.0 Å². The number of hydrogen-bond acceptors (Lipinski definition) is 3. The van der Waals surface area contributed by atoms with Crippen LogP contribution in [0.25, 0.3) is 0 Å². The smallest absolute Gasteiger partial charge is 0.173 e. The number of morpholine rings is 1. The molecule has 0 aromatic heterocycles. The molecule has 1 aliphatic heterocycles. The summed E-state index contributed by atoms with van der Waals surface area (Å²) in [6, 6.07) is 12.9. The zero-order valence-electron chi connectivity index (χ0n) is 17.3. The minimum absolute atomic E-state index is 0.218. The molecule has 2 aromatic carbocycles. The number of nitrogens with one attached hydrogen (secondary N) is 1. The summed E-state index contributed by atoms with van der Waals surface area (Å²) >= 11 is 5.77. The van der Waals surface area contributed by atoms with Gasteiger partial charge in [0.25, 0.3) is 0 Å². The Hall–Kier alpha value is -2.02. The first-order valence-corrected chi connectivity index (χ1v) is 10.6. The first kappa shape index (κ1) is 21.7. The molecule has 0 radical (unpaired) electrons. The van der Waals surface area contributed by atoms with Crippen LogP contribution in [-0.4, -0.2) is 54.3 Å². The number of para-hydroxylation sites is 1. The summed E-state index contributed by atoms with van der Waals surface area (Å²) < 4.78 is 19.1. The van der Waals surface area contributed by atoms with E-state index in [1.54, 1.807) is 12.1 Å². The number of hydrogen-bond donors (Lipinski definition) is 1. The van der Waals surface area contributed by atoms with Crippen molar-refractivity contribution in [2.75, 3.05) is 44.7 Å². The van der Waals surface area contributed by atoms with Crippen molar-refractivity contribution < 1.29 is 9.13 Å². The summed E-state index contributed by atoms with van der Waals surface area (Å²) in [6.45, 7) is 10.1. The van der Waals surface area contributed by atoms with E-state index in [1.807, 2.05) is 12.1 Å². The number of rotatable bonds is 7. The Balaban J connectivity index is 1.67. The second-order valence-electron chi connectivity index (χ2n) is 7.56. The van der Waals surface area contributed by atoms with Gasteiger partial charge in [0.15, 0.2) is 5.11 Å². The SMILES string of the molecule is Cc1cccc(C)c1NC(=S)N(CCCN1CCOCC1)Cc1cccc(F)c1. The van der Waals surface area contributed by atoms with E-state index in [1.165, 1.54) is 6.07 Å². The van der Waals surface area contributed by atoms with Gasteiger partial charge in [-0.25, -0.2) is 4.39 Å². The number of halogens is 1. The Morgan fingerprint density at radius 2 is 1.83 bits per heavy atom. The van der Waals surface area contributed by atoms with Crippen molar-refractivity contribution in [3.8, 4) is 0 Å². The summed E-state index contributed by atoms with van der Waals surface area (Å²) in [7, 11) is 0. The third-order valence-electron chi connectivity index (χ3n) is 5.27. The second-order valence-corrected chi connectivity index (χ2v) is 7.94. The molecule has 0 unspecified atom stereocenters. The zero-order valence-corrected chi connectivity index (χ0v) is 18.1. The van der Waals surface area contributed by atoms with E-state index in [0.717, 1.165) is 68.2 Å². The lowest BCUT2D eigenvalue weighted by atomic mass is 10.1. The molecule has 1 heterocycles. The van der Waals surface area contributed by atoms with Crippen LogP contribution >= 0.6 is 12.2 Å². The Morgan fingerprint density at radius 3 is 2.52 bits per heavy atom. The fourth-order valence-electron chi connectivity index (χ4n) is 3.62. The number of anilines is 1. The molecule has 6 heteroatoms. The van der Waals surface area contributed by atoms with Gasteiger partial charge in [-0.1, -0.05) is 30.3 Å². The Bertz CT molecular complexity index is 803. The maximum atomic E-state index is 13.7. The summed E-state index contributed by atoms with van der Waals surface area (Å²) in [4.78, 5) is 4.56. The average Bonchev–Trinajstić information content (AvgIpc) is 2.71. The predicted molar refractivity (Wildman–Crippen MR) is 121 cm³/mol. The molecule has 3 rings (SSSR count). The molecule has 29 heavy (non-hydrogen) atoms. The molecule has 0 atom stereocenters. The van der Waals surface area contributed by atoms with Crippen LogP contribution in [0, 0.1) is 19.7 Å². The van der Waals surface area contributed by atoms with E-state index in [-0.39, 0.29) is 5.82 Å². The standard InChI is InChI=1S/C23H30FN3OS/c1-18-6-3-7-19(2)22(18)25-23(29)27(17-20-8-4-9-21(24)16-20)11-5-10-26-12-14-28-15-13-26/h3-4,6-9,16H,5,10-15,17H2,1-2H3,(H,25,29). The van der Waals surface area contributed by atoms with Crippen molar-refractivity contribution in [1.29, 1.82) is 0 Å². The highest BCUT2D eigenvalue weighted by atomic mass is 32.1. The Morgan fingerprint density at radius 1 is 1.14 bits per heavy atom. The third-order valence-corrected chi connectivity index (χ3v) is 5.63. The van der Waals surface area contributed by atoms with Gasteiger partial charge in [-0.15, -0.1) is 0 Å². The number of benzene rings is 2. The van der Waals surface area contributed by atoms with E-state index >= 15 is 0 Å². The maximum Gasteiger partial charge on any atom is 0.173 e. The topological polar surface area (TPSA) is 27.7 Å². The normalized spacial score (nSPS) is 14.6. The fraction of sp³-hybridized carbons (Fsp3) is 0.435. The molecule has 2 aromatic rings. The van der Waals surface area contributed by atoms with Crippen molar-refractivity contribution in [1.82, 2.24) is 9.80 Å². The zero-order chi connectivity index (χ0) is 20.6. The van der Waals surface area contributed by atoms with Crippen LogP contribution in [0.2, 0.25) is 0 Å². The van der Waals surface area contributed by atoms with E-state index in [2.05, 4.69) is 41.1 Å². The number of nitrogens with zero attached hydrogens (tertiary/aromatic N) is 2. The fourth-order valence-corrected chi connectivity index (χ4v) is 3.87. The number of ether oxygens (including phenoxy) is 1. The van der Waals surface area contributed by atoms with E-state index in [4.69, 9.17) is 17.0 Å². The van der Waals surface area contributed by atoms with Crippen LogP contribution in [0.5, 0.6) is 0 Å². The molecular formula is C23H30FN3OS. The van der Waals surface area contributed by atoms with Gasteiger partial charge in [0.05, 0.1) is 13.2 Å². The number of thiocarbonyl (C=S) groups is 1. The largest absolute Gasteiger partial charge is 0.379 e. The average molecular weight is 416 g/mol. The predicted octanol–water partition coefficient (Wildman–Crippen LogP) is 4.36. The number of aryl methyl sites for hydroxylation is 2. The van der Waals surface area contributed by atoms with E-state index in [9.17, 15) is 4.39 Å². The van der Waals surface area contributed by atoms with Crippen molar-refractivity contribution in [3.05, 3.63) is 65.0 Å². The lowest BCUT2D eigenvalue weighted by Crippen LogP contribution is -2.40. The molecule has 0 aliphatic carbocycles. The Labute approximate surface area is 178 Å². The van der Waals surface area contributed by atoms with Crippen molar-refractivity contribution in [3.63, 3.8) is 0 Å². The first-order chi connectivity index (χ1) is 14.0. The van der Waals surface area contributed by atoms with Gasteiger partial charge in [-0.2, -0.15) is 0 Å². The van der Waals surface area contributed by atoms with Gasteiger partial charge in [0.1, 0.15) is 5.82 Å². The van der Waals surface area contributed by atoms with Gasteiger partial charge in [-0.05, 0) is 61.3 Å². The van der Waals surface area contributed by atoms with Crippen LogP contribution in [0.1, 0.15) is 23.1 Å². The van der Waals surface area contributed by atoms with Crippen LogP contribution in [0.15, 0.2) is 42.5 Å². The summed E-state index contributed by atoms with van der Waals surface area (Å²) in [6.07, 6.45) is 0.990. The van der Waals surface area contributed by atoms with Crippen LogP contribution in [0.4, 0.5) is 10.1 Å². The molecule has 4 nitrogen and oxygen atoms in total. The molecule has 1 saturated heterocycles. The van der Waals surface area contributed by atoms with Crippen molar-refractivity contribution in [2.45, 2.75) is 26.8 Å². The highest BCUT2D eigenvalue weighted by Crippen LogP contribution is 2.20. The minimum Gasteiger partial charge on any atom is -0.379 e. The van der Waals surface area contributed by atoms with Crippen molar-refractivity contribution in [2.24, 2.45) is 0 Å². The summed E-state index contributed by atoms with van der Waals surface area (Å²) in [5, 5.41) is 4.11. The highest BCUT2D eigenvalue weighted by Gasteiger charge is 2.15. The van der Waals surface area contributed by atoms with E-state index in [0.29, 0.717) is 11.7 Å². The summed E-state index contributed by atoms with van der Waals surface area (Å²) in [5.74, 6) is -0.218. The molecule has 0 amide bonds. The lowest BCUT2D eigenvalue weighted by molar-refractivity contribution is 0.0368. The van der Waals surface area contributed by atoms with Gasteiger partial charge in [-0.3, -0.25) is 4.90 Å². The molecule has 0 spiro atoms. The molecule has 1 N–H and O–H groups in total. The molecule has 1 fully saturated rings. The molecule has 1 aliphatic rings. The van der Waals surface area contributed by atoms with Crippen molar-refractivity contribution >= 4 is 23.0 Å². The van der Waals surface area contributed by atoms with E-state index < -0.39 is 0 Å². The third kappa shape index (κ3) is 6.49. The minimum atomic E-state index is -0.218. The van der Waals surface area contributed by atoms with Crippen LogP contribution in [-0.2, 0) is 11.3 Å². The van der Waals surface area contributed by atoms with Crippen LogP contribution < -0.4 is 5.32 Å². The second kappa shape index (κ2) is 10.7. The summed E-state index contributed by atoms with van der Waals surface area (Å²) in [5.41, 5.74) is 4.29. The quantitative estimate of drug-likeness (QED) is 0.678. The highest BCUT2D eigenvalue weighted by molar-refractivity contribution is 7.80. The van der Waals surface area contributed by atoms with Gasteiger partial charge in [0.2, 0.25) is 0 Å². The monoisotopic (exact) mass is 415 g/mol. The Kier molecular flexibility index (Phi) is 7.98. The van der Waals surface area contributed by atoms with Gasteiger partial charge in [0, 0.05) is 38.4 Å². The maximum absolute atomic E-state index is 13.7.